The molecule has 0 aliphatic carbocycles. The summed E-state index contributed by atoms with van der Waals surface area (Å²) in [5.74, 6) is 1.54. The lowest BCUT2D eigenvalue weighted by molar-refractivity contribution is -0.151. The Balaban J connectivity index is 1.28. The fourth-order valence-electron chi connectivity index (χ4n) is 4.36. The Morgan fingerprint density at radius 3 is 2.83 bits per heavy atom. The van der Waals surface area contributed by atoms with Crippen LogP contribution in [0, 0.1) is 13.8 Å². The third-order valence-electron chi connectivity index (χ3n) is 6.07. The number of aromatic nitrogens is 3. The number of likely N-dealkylation sites (tertiary alicyclic amines) is 1. The smallest absolute Gasteiger partial charge is 0.232 e. The van der Waals surface area contributed by atoms with Crippen molar-refractivity contribution in [2.24, 2.45) is 0 Å². The number of ether oxygens (including phenoxy) is 2. The van der Waals surface area contributed by atoms with Gasteiger partial charge in [0.15, 0.2) is 0 Å². The molecule has 156 valence electrons. The Bertz CT molecular complexity index is 811. The Kier molecular flexibility index (Phi) is 5.80. The second kappa shape index (κ2) is 8.49. The number of carbonyl (C=O) groups excluding carboxylic acids is 1. The Morgan fingerprint density at radius 2 is 2.14 bits per heavy atom. The first-order valence-electron chi connectivity index (χ1n) is 10.3. The van der Waals surface area contributed by atoms with Gasteiger partial charge in [0, 0.05) is 50.3 Å². The first kappa shape index (κ1) is 19.8. The van der Waals surface area contributed by atoms with Gasteiger partial charge in [0.25, 0.3) is 0 Å². The molecule has 1 amide bonds. The molecule has 0 saturated carbocycles. The minimum Gasteiger partial charge on any atom is -0.473 e. The number of aryl methyl sites for hydroxylation is 2. The van der Waals surface area contributed by atoms with Gasteiger partial charge >= 0.3 is 0 Å². The highest BCUT2D eigenvalue weighted by atomic mass is 16.5. The molecule has 0 N–H and O–H groups in total. The van der Waals surface area contributed by atoms with Gasteiger partial charge in [-0.2, -0.15) is 0 Å². The van der Waals surface area contributed by atoms with Gasteiger partial charge in [0.1, 0.15) is 11.9 Å². The molecule has 0 bridgehead atoms. The number of hydrogen-bond donors (Lipinski definition) is 0. The average molecular weight is 400 g/mol. The van der Waals surface area contributed by atoms with E-state index >= 15 is 0 Å². The summed E-state index contributed by atoms with van der Waals surface area (Å²) in [6, 6.07) is 0. The van der Waals surface area contributed by atoms with E-state index in [-0.39, 0.29) is 17.6 Å². The van der Waals surface area contributed by atoms with Gasteiger partial charge in [0.05, 0.1) is 24.1 Å². The van der Waals surface area contributed by atoms with Crippen LogP contribution in [0.5, 0.6) is 5.88 Å². The number of amides is 1. The highest BCUT2D eigenvalue weighted by Crippen LogP contribution is 2.36. The molecule has 0 aromatic carbocycles. The summed E-state index contributed by atoms with van der Waals surface area (Å²) in [7, 11) is 0. The maximum atomic E-state index is 12.7. The van der Waals surface area contributed by atoms with E-state index in [0.29, 0.717) is 25.3 Å². The summed E-state index contributed by atoms with van der Waals surface area (Å²) >= 11 is 0. The van der Waals surface area contributed by atoms with Gasteiger partial charge < -0.3 is 18.9 Å². The molecule has 2 saturated heterocycles. The number of piperidine rings is 1. The molecule has 2 aliphatic rings. The second-order valence-corrected chi connectivity index (χ2v) is 7.99. The Hall–Kier alpha value is -2.48. The largest absolute Gasteiger partial charge is 0.473 e. The first-order valence-corrected chi connectivity index (χ1v) is 10.3. The highest BCUT2D eigenvalue weighted by molar-refractivity contribution is 5.76. The van der Waals surface area contributed by atoms with Gasteiger partial charge in [-0.25, -0.2) is 4.98 Å². The van der Waals surface area contributed by atoms with Crippen molar-refractivity contribution in [2.75, 3.05) is 19.7 Å². The molecule has 29 heavy (non-hydrogen) atoms. The van der Waals surface area contributed by atoms with Crippen LogP contribution in [-0.4, -0.2) is 57.3 Å². The van der Waals surface area contributed by atoms with E-state index in [1.54, 1.807) is 18.6 Å². The van der Waals surface area contributed by atoms with Gasteiger partial charge in [0.2, 0.25) is 11.8 Å². The van der Waals surface area contributed by atoms with Crippen molar-refractivity contribution < 1.29 is 18.8 Å². The SMILES string of the molecule is Cc1noc(C)c1CCC(=O)N1CCC2(CC1)CC(Oc1cnccn1)CCO2. The molecule has 4 heterocycles. The van der Waals surface area contributed by atoms with Crippen LogP contribution in [0.2, 0.25) is 0 Å². The van der Waals surface area contributed by atoms with Gasteiger partial charge in [-0.05, 0) is 33.1 Å². The molecule has 1 atom stereocenters. The molecule has 2 aromatic heterocycles. The van der Waals surface area contributed by atoms with E-state index in [0.717, 1.165) is 55.8 Å². The van der Waals surface area contributed by atoms with Crippen molar-refractivity contribution in [1.82, 2.24) is 20.0 Å². The molecule has 2 aliphatic heterocycles. The van der Waals surface area contributed by atoms with E-state index < -0.39 is 0 Å². The fourth-order valence-corrected chi connectivity index (χ4v) is 4.36. The van der Waals surface area contributed by atoms with Crippen LogP contribution in [0.1, 0.15) is 49.1 Å². The third kappa shape index (κ3) is 4.58. The van der Waals surface area contributed by atoms with Crippen LogP contribution < -0.4 is 4.74 Å². The van der Waals surface area contributed by atoms with E-state index in [1.807, 2.05) is 18.7 Å². The summed E-state index contributed by atoms with van der Waals surface area (Å²) < 4.78 is 17.4. The van der Waals surface area contributed by atoms with Crippen molar-refractivity contribution >= 4 is 5.91 Å². The molecule has 2 fully saturated rings. The molecule has 4 rings (SSSR count). The van der Waals surface area contributed by atoms with Crippen LogP contribution in [0.4, 0.5) is 0 Å². The number of rotatable bonds is 5. The molecule has 1 unspecified atom stereocenters. The lowest BCUT2D eigenvalue weighted by Gasteiger charge is -2.45. The molecule has 1 spiro atoms. The number of hydrogen-bond acceptors (Lipinski definition) is 7. The van der Waals surface area contributed by atoms with Crippen molar-refractivity contribution in [3.05, 3.63) is 35.6 Å². The molecular formula is C21H28N4O4. The summed E-state index contributed by atoms with van der Waals surface area (Å²) in [6.07, 6.45) is 9.48. The molecule has 2 aromatic rings. The normalized spacial score (nSPS) is 21.3. The van der Waals surface area contributed by atoms with Crippen LogP contribution in [0.3, 0.4) is 0 Å². The quantitative estimate of drug-likeness (QED) is 0.762. The minimum absolute atomic E-state index is 0.0715. The maximum Gasteiger partial charge on any atom is 0.232 e. The van der Waals surface area contributed by atoms with E-state index in [9.17, 15) is 4.79 Å². The van der Waals surface area contributed by atoms with Crippen molar-refractivity contribution in [3.8, 4) is 5.88 Å². The Labute approximate surface area is 170 Å². The number of carbonyl (C=O) groups is 1. The predicted octanol–water partition coefficient (Wildman–Crippen LogP) is 2.63. The Morgan fingerprint density at radius 1 is 1.31 bits per heavy atom. The molecular weight excluding hydrogens is 372 g/mol. The second-order valence-electron chi connectivity index (χ2n) is 7.99. The minimum atomic E-state index is -0.205. The lowest BCUT2D eigenvalue weighted by Crippen LogP contribution is -2.52. The van der Waals surface area contributed by atoms with E-state index in [4.69, 9.17) is 14.0 Å². The van der Waals surface area contributed by atoms with E-state index in [2.05, 4.69) is 15.1 Å². The zero-order chi connectivity index (χ0) is 20.3. The molecule has 0 radical (unpaired) electrons. The predicted molar refractivity (Wildman–Crippen MR) is 104 cm³/mol. The van der Waals surface area contributed by atoms with Crippen LogP contribution >= 0.6 is 0 Å². The summed E-state index contributed by atoms with van der Waals surface area (Å²) in [5, 5.41) is 3.96. The lowest BCUT2D eigenvalue weighted by atomic mass is 9.83. The molecule has 8 nitrogen and oxygen atoms in total. The van der Waals surface area contributed by atoms with Crippen LogP contribution in [-0.2, 0) is 16.0 Å². The van der Waals surface area contributed by atoms with Crippen molar-refractivity contribution in [1.29, 1.82) is 0 Å². The topological polar surface area (TPSA) is 90.6 Å². The van der Waals surface area contributed by atoms with Gasteiger partial charge in [-0.3, -0.25) is 9.78 Å². The molecule has 8 heteroatoms. The maximum absolute atomic E-state index is 12.7. The zero-order valence-corrected chi connectivity index (χ0v) is 17.1. The summed E-state index contributed by atoms with van der Waals surface area (Å²) in [6.45, 7) is 5.92. The standard InChI is InChI=1S/C21H28N4O4/c1-15-18(16(2)29-24-15)3-4-20(26)25-10-6-21(7-11-25)13-17(5-12-27-21)28-19-14-22-8-9-23-19/h8-9,14,17H,3-7,10-13H2,1-2H3. The van der Waals surface area contributed by atoms with Crippen molar-refractivity contribution in [3.63, 3.8) is 0 Å². The van der Waals surface area contributed by atoms with Crippen LogP contribution in [0.25, 0.3) is 0 Å². The summed E-state index contributed by atoms with van der Waals surface area (Å²) in [5.41, 5.74) is 1.72. The van der Waals surface area contributed by atoms with Crippen molar-refractivity contribution in [2.45, 2.75) is 64.1 Å². The van der Waals surface area contributed by atoms with E-state index in [1.165, 1.54) is 0 Å². The van der Waals surface area contributed by atoms with Gasteiger partial charge in [-0.15, -0.1) is 0 Å². The summed E-state index contributed by atoms with van der Waals surface area (Å²) in [4.78, 5) is 22.9. The van der Waals surface area contributed by atoms with Crippen LogP contribution in [0.15, 0.2) is 23.1 Å². The number of nitrogens with zero attached hydrogens (tertiary/aromatic N) is 4. The monoisotopic (exact) mass is 400 g/mol. The third-order valence-corrected chi connectivity index (χ3v) is 6.07. The highest BCUT2D eigenvalue weighted by Gasteiger charge is 2.42. The fraction of sp³-hybridized carbons (Fsp3) is 0.619. The average Bonchev–Trinajstić information content (AvgIpc) is 3.05. The first-order chi connectivity index (χ1) is 14.0. The zero-order valence-electron chi connectivity index (χ0n) is 17.1. The van der Waals surface area contributed by atoms with Gasteiger partial charge in [-0.1, -0.05) is 5.16 Å².